The van der Waals surface area contributed by atoms with E-state index in [-0.39, 0.29) is 37.5 Å². The molecule has 0 aromatic heterocycles. The molecule has 14 heavy (non-hydrogen) atoms. The summed E-state index contributed by atoms with van der Waals surface area (Å²) >= 11 is 0. The second kappa shape index (κ2) is 13.8. The Morgan fingerprint density at radius 1 is 0.786 bits per heavy atom. The van der Waals surface area contributed by atoms with Crippen molar-refractivity contribution in [2.45, 2.75) is 0 Å². The predicted molar refractivity (Wildman–Crippen MR) is 42.2 cm³/mol. The number of hydrogen-bond donors (Lipinski definition) is 4. The average Bonchev–Trinajstić information content (AvgIpc) is 1.12. The normalized spacial score (nSPS) is 8.43. The van der Waals surface area contributed by atoms with Crippen LogP contribution in [-0.4, -0.2) is 45.8 Å². The zero-order chi connectivity index (χ0) is 9.00. The minimum atomic E-state index is -4.64. The van der Waals surface area contributed by atoms with Crippen molar-refractivity contribution in [2.75, 3.05) is 0 Å². The maximum absolute atomic E-state index is 9.10. The Balaban J connectivity index is -0.0000000178. The van der Waals surface area contributed by atoms with Crippen LogP contribution in [0.15, 0.2) is 0 Å². The van der Waals surface area contributed by atoms with E-state index in [1.165, 1.54) is 0 Å². The predicted octanol–water partition coefficient (Wildman–Crippen LogP) is -4.87. The fourth-order valence-corrected chi connectivity index (χ4v) is 0. The van der Waals surface area contributed by atoms with Gasteiger partial charge in [0, 0.05) is 0 Å². The van der Waals surface area contributed by atoms with E-state index in [9.17, 15) is 0 Å². The van der Waals surface area contributed by atoms with Crippen LogP contribution in [0.5, 0.6) is 0 Å². The van der Waals surface area contributed by atoms with Gasteiger partial charge in [0.1, 0.15) is 0 Å². The average molecular weight is 436 g/mol. The van der Waals surface area contributed by atoms with Gasteiger partial charge in [0.05, 0.1) is 0 Å². The Morgan fingerprint density at radius 3 is 0.786 bits per heavy atom. The van der Waals surface area contributed by atoms with Gasteiger partial charge in [-0.2, -0.15) is 0 Å². The third-order valence-corrected chi connectivity index (χ3v) is 0. The van der Waals surface area contributed by atoms with E-state index in [0.717, 1.165) is 0 Å². The van der Waals surface area contributed by atoms with Gasteiger partial charge in [-0.25, -0.2) is 9.46 Å². The summed E-state index contributed by atoms with van der Waals surface area (Å²) in [5.41, 5.74) is 0. The van der Waals surface area contributed by atoms with Gasteiger partial charge in [-0.15, -0.1) is 4.57 Å². The summed E-state index contributed by atoms with van der Waals surface area (Å²) in [4.78, 5) is 40.4. The zero-order valence-electron chi connectivity index (χ0n) is 6.41. The minimum absolute atomic E-state index is 0. The van der Waals surface area contributed by atoms with Crippen LogP contribution in [-0.2, 0) is 30.2 Å². The summed E-state index contributed by atoms with van der Waals surface area (Å²) in [5.74, 6) is 0. The number of hydrogen-bond acceptors (Lipinski definition) is 2. The van der Waals surface area contributed by atoms with E-state index < -0.39 is 15.6 Å². The Kier molecular flexibility index (Phi) is 35.9. The van der Waals surface area contributed by atoms with Crippen LogP contribution >= 0.6 is 15.6 Å². The van der Waals surface area contributed by atoms with Crippen LogP contribution < -0.4 is 0 Å². The molecular formula is H14O11P2W+4. The molecule has 0 aliphatic heterocycles. The molecule has 14 heteroatoms. The molecule has 0 unspecified atom stereocenters. The summed E-state index contributed by atoms with van der Waals surface area (Å²) in [6.45, 7) is 0. The SMILES string of the molecule is O.O.O.O=P(O)(O)O.O=P(O)([OH2+])[OH2+].[W+2]. The zero-order valence-corrected chi connectivity index (χ0v) is 11.1. The van der Waals surface area contributed by atoms with Gasteiger partial charge in [0.2, 0.25) is 0 Å². The molecule has 0 amide bonds. The fraction of sp³-hybridized carbons (Fsp3) is 0. The van der Waals surface area contributed by atoms with Gasteiger partial charge in [0.15, 0.2) is 0 Å². The third-order valence-electron chi connectivity index (χ3n) is 0. The van der Waals surface area contributed by atoms with E-state index in [1.807, 2.05) is 0 Å². The van der Waals surface area contributed by atoms with Crippen LogP contribution in [0.3, 0.4) is 0 Å². The summed E-state index contributed by atoms with van der Waals surface area (Å²) in [6, 6.07) is 0. The van der Waals surface area contributed by atoms with Gasteiger partial charge in [-0.1, -0.05) is 0 Å². The third kappa shape index (κ3) is 2860. The van der Waals surface area contributed by atoms with Crippen molar-refractivity contribution in [3.05, 3.63) is 0 Å². The van der Waals surface area contributed by atoms with Crippen molar-refractivity contribution in [3.63, 3.8) is 0 Å². The summed E-state index contributed by atoms with van der Waals surface area (Å²) in [5, 5.41) is 0. The first-order valence-electron chi connectivity index (χ1n) is 1.61. The van der Waals surface area contributed by atoms with Gasteiger partial charge in [-0.3, -0.25) is 0 Å². The molecule has 14 N–H and O–H groups in total. The second-order valence-electron chi connectivity index (χ2n) is 1.09. The van der Waals surface area contributed by atoms with E-state index >= 15 is 0 Å². The van der Waals surface area contributed by atoms with Crippen molar-refractivity contribution in [2.24, 2.45) is 0 Å². The van der Waals surface area contributed by atoms with Crippen molar-refractivity contribution in [1.29, 1.82) is 0 Å². The molecule has 0 radical (unpaired) electrons. The van der Waals surface area contributed by atoms with Gasteiger partial charge in [0.25, 0.3) is 0 Å². The second-order valence-corrected chi connectivity index (χ2v) is 3.27. The molecule has 0 aliphatic carbocycles. The van der Waals surface area contributed by atoms with Crippen molar-refractivity contribution < 1.29 is 76.0 Å². The summed E-state index contributed by atoms with van der Waals surface area (Å²) in [6.07, 6.45) is 0. The first-order chi connectivity index (χ1) is 4.00. The van der Waals surface area contributed by atoms with Crippen LogP contribution in [0, 0.1) is 0 Å². The topological polar surface area (TPSA) is 255 Å². The van der Waals surface area contributed by atoms with Crippen molar-refractivity contribution in [3.8, 4) is 0 Å². The quantitative estimate of drug-likeness (QED) is 0.214. The molecule has 11 nitrogen and oxygen atoms in total. The van der Waals surface area contributed by atoms with Crippen LogP contribution in [0.4, 0.5) is 0 Å². The molecular weight excluding hydrogens is 422 g/mol. The first kappa shape index (κ1) is 36.4. The van der Waals surface area contributed by atoms with Crippen molar-refractivity contribution in [1.82, 2.24) is 0 Å². The van der Waals surface area contributed by atoms with Crippen LogP contribution in [0.1, 0.15) is 0 Å². The monoisotopic (exact) mass is 436 g/mol. The van der Waals surface area contributed by atoms with E-state index in [1.54, 1.807) is 0 Å². The first-order valence-corrected chi connectivity index (χ1v) is 4.84. The molecule has 0 fully saturated rings. The molecule has 0 saturated heterocycles. The molecule has 0 heterocycles. The minimum Gasteiger partial charge on any atom is -0.412 e. The van der Waals surface area contributed by atoms with Crippen molar-refractivity contribution >= 4 is 15.6 Å². The van der Waals surface area contributed by atoms with E-state index in [0.29, 0.717) is 0 Å². The largest absolute Gasteiger partial charge is 2.00 e. The molecule has 0 spiro atoms. The molecule has 92 valence electrons. The van der Waals surface area contributed by atoms with Gasteiger partial charge < -0.3 is 40.9 Å². The van der Waals surface area contributed by atoms with Crippen LogP contribution in [0.25, 0.3) is 0 Å². The van der Waals surface area contributed by atoms with Gasteiger partial charge in [-0.05, 0) is 0 Å². The molecule has 0 aromatic carbocycles. The standard InChI is InChI=1S/2H3O4P.3H2O.W/c2*1-5(2,3)4;;;;/h2*(H3,1,2,3,4);3*1H2;/q;;;;;+2/p+2. The van der Waals surface area contributed by atoms with Crippen LogP contribution in [0.2, 0.25) is 0 Å². The number of phosphoric acid groups is 1. The van der Waals surface area contributed by atoms with E-state index in [4.69, 9.17) is 38.5 Å². The maximum atomic E-state index is 9.10. The number of rotatable bonds is 0. The molecule has 0 bridgehead atoms. The Labute approximate surface area is 92.1 Å². The van der Waals surface area contributed by atoms with Gasteiger partial charge >= 0.3 is 36.7 Å². The summed E-state index contributed by atoms with van der Waals surface area (Å²) < 4.78 is 18.0. The molecule has 0 rings (SSSR count). The Hall–Kier alpha value is 0.788. The molecule has 0 aliphatic rings. The van der Waals surface area contributed by atoms with E-state index in [2.05, 4.69) is 0 Å². The molecule has 0 atom stereocenters. The maximum Gasteiger partial charge on any atom is 2.00 e. The molecule has 0 saturated carbocycles. The Morgan fingerprint density at radius 2 is 0.786 bits per heavy atom. The Bertz CT molecular complexity index is 126. The smallest absolute Gasteiger partial charge is 0.412 e. The molecule has 0 aromatic rings. The summed E-state index contributed by atoms with van der Waals surface area (Å²) in [7, 11) is -8.78. The fourth-order valence-electron chi connectivity index (χ4n) is 0.